The molecule has 0 saturated heterocycles. The van der Waals surface area contributed by atoms with E-state index in [9.17, 15) is 0 Å². The molecule has 6 heteroatoms. The number of hydrogen-bond donors (Lipinski definition) is 1. The predicted octanol–water partition coefficient (Wildman–Crippen LogP) is 2.01. The van der Waals surface area contributed by atoms with Crippen molar-refractivity contribution in [1.82, 2.24) is 20.2 Å². The Balaban J connectivity index is 2.19. The van der Waals surface area contributed by atoms with Gasteiger partial charge in [0, 0.05) is 9.75 Å². The van der Waals surface area contributed by atoms with Gasteiger partial charge in [0.2, 0.25) is 4.77 Å². The summed E-state index contributed by atoms with van der Waals surface area (Å²) in [4.78, 5) is 2.66. The van der Waals surface area contributed by atoms with Crippen LogP contribution in [0.1, 0.15) is 16.7 Å². The molecule has 0 aliphatic rings. The van der Waals surface area contributed by atoms with Gasteiger partial charge in [-0.1, -0.05) is 17.2 Å². The molecule has 0 aromatic carbocycles. The van der Waals surface area contributed by atoms with Crippen LogP contribution >= 0.6 is 23.6 Å². The summed E-state index contributed by atoms with van der Waals surface area (Å²) in [5.74, 6) is 0. The van der Waals surface area contributed by atoms with Crippen LogP contribution in [0, 0.1) is 4.77 Å². The van der Waals surface area contributed by atoms with Crippen molar-refractivity contribution in [2.24, 2.45) is 0 Å². The van der Waals surface area contributed by atoms with E-state index in [-0.39, 0.29) is 0 Å². The van der Waals surface area contributed by atoms with Crippen LogP contribution < -0.4 is 0 Å². The topological polar surface area (TPSA) is 46.5 Å². The van der Waals surface area contributed by atoms with E-state index in [1.807, 2.05) is 0 Å². The van der Waals surface area contributed by atoms with Crippen LogP contribution in [0.3, 0.4) is 0 Å². The molecule has 0 radical (unpaired) electrons. The van der Waals surface area contributed by atoms with Crippen molar-refractivity contribution < 1.29 is 0 Å². The summed E-state index contributed by atoms with van der Waals surface area (Å²) in [6, 6.07) is 4.26. The Labute approximate surface area is 90.6 Å². The van der Waals surface area contributed by atoms with Crippen molar-refractivity contribution in [3.63, 3.8) is 0 Å². The number of H-pyrrole nitrogens is 1. The zero-order valence-electron chi connectivity index (χ0n) is 7.73. The van der Waals surface area contributed by atoms with Gasteiger partial charge in [-0.15, -0.1) is 11.3 Å². The first kappa shape index (κ1) is 9.54. The fourth-order valence-corrected chi connectivity index (χ4v) is 2.27. The quantitative estimate of drug-likeness (QED) is 0.814. The van der Waals surface area contributed by atoms with Crippen LogP contribution in [-0.2, 0) is 13.0 Å². The van der Waals surface area contributed by atoms with Gasteiger partial charge in [-0.05, 0) is 30.8 Å². The Morgan fingerprint density at radius 3 is 2.86 bits per heavy atom. The smallest absolute Gasteiger partial charge is 0.237 e. The molecular weight excluding hydrogens is 216 g/mol. The highest BCUT2D eigenvalue weighted by atomic mass is 32.1. The number of aromatic amines is 1. The molecule has 0 aliphatic heterocycles. The van der Waals surface area contributed by atoms with E-state index in [2.05, 4.69) is 34.6 Å². The van der Waals surface area contributed by atoms with Crippen LogP contribution in [0.5, 0.6) is 0 Å². The van der Waals surface area contributed by atoms with Gasteiger partial charge in [-0.2, -0.15) is 5.21 Å². The highest BCUT2D eigenvalue weighted by Gasteiger charge is 2.01. The minimum absolute atomic E-state index is 0.497. The monoisotopic (exact) mass is 226 g/mol. The van der Waals surface area contributed by atoms with Crippen molar-refractivity contribution in [2.45, 2.75) is 19.9 Å². The molecule has 0 atom stereocenters. The Morgan fingerprint density at radius 1 is 1.50 bits per heavy atom. The van der Waals surface area contributed by atoms with Crippen molar-refractivity contribution in [3.05, 3.63) is 26.7 Å². The SMILES string of the molecule is CCc1ccc(Cn2[nH]nnc2=S)s1. The molecule has 2 aromatic rings. The first-order valence-corrected chi connectivity index (χ1v) is 5.57. The second-order valence-corrected chi connectivity index (χ2v) is 4.51. The number of aryl methyl sites for hydroxylation is 1. The number of hydrogen-bond acceptors (Lipinski definition) is 4. The van der Waals surface area contributed by atoms with Crippen molar-refractivity contribution in [2.75, 3.05) is 0 Å². The van der Waals surface area contributed by atoms with Gasteiger partial charge in [-0.25, -0.2) is 4.68 Å². The number of thiophene rings is 1. The average Bonchev–Trinajstić information content (AvgIpc) is 2.77. The molecule has 0 bridgehead atoms. The molecule has 0 unspecified atom stereocenters. The Hall–Kier alpha value is -1.01. The molecule has 2 aromatic heterocycles. The van der Waals surface area contributed by atoms with Crippen LogP contribution in [-0.4, -0.2) is 20.2 Å². The third-order valence-corrected chi connectivity index (χ3v) is 3.43. The number of nitrogens with one attached hydrogen (secondary N) is 1. The first-order valence-electron chi connectivity index (χ1n) is 4.35. The maximum Gasteiger partial charge on any atom is 0.238 e. The van der Waals surface area contributed by atoms with E-state index < -0.39 is 0 Å². The summed E-state index contributed by atoms with van der Waals surface area (Å²) < 4.78 is 2.25. The molecular formula is C8H10N4S2. The highest BCUT2D eigenvalue weighted by Crippen LogP contribution is 2.17. The normalized spacial score (nSPS) is 10.6. The standard InChI is InChI=1S/C8H10N4S2/c1-2-6-3-4-7(14-6)5-12-8(13)9-10-11-12/h3-4H,2,5H2,1H3,(H,9,11,13). The van der Waals surface area contributed by atoms with Crippen LogP contribution in [0.25, 0.3) is 0 Å². The summed E-state index contributed by atoms with van der Waals surface area (Å²) in [7, 11) is 0. The molecule has 0 fully saturated rings. The molecule has 2 rings (SSSR count). The number of aromatic nitrogens is 4. The third-order valence-electron chi connectivity index (χ3n) is 1.91. The summed E-state index contributed by atoms with van der Waals surface area (Å²) in [6.45, 7) is 2.88. The van der Waals surface area contributed by atoms with E-state index in [1.54, 1.807) is 16.0 Å². The Bertz CT molecular complexity index is 467. The van der Waals surface area contributed by atoms with Crippen LogP contribution in [0.4, 0.5) is 0 Å². The second kappa shape index (κ2) is 4.02. The van der Waals surface area contributed by atoms with Crippen molar-refractivity contribution >= 4 is 23.6 Å². The van der Waals surface area contributed by atoms with Gasteiger partial charge in [0.15, 0.2) is 0 Å². The first-order chi connectivity index (χ1) is 6.79. The number of tetrazole rings is 1. The maximum atomic E-state index is 4.98. The highest BCUT2D eigenvalue weighted by molar-refractivity contribution is 7.71. The molecule has 14 heavy (non-hydrogen) atoms. The minimum atomic E-state index is 0.497. The largest absolute Gasteiger partial charge is 0.238 e. The van der Waals surface area contributed by atoms with E-state index in [1.165, 1.54) is 9.75 Å². The Morgan fingerprint density at radius 2 is 2.29 bits per heavy atom. The van der Waals surface area contributed by atoms with Gasteiger partial charge < -0.3 is 0 Å². The van der Waals surface area contributed by atoms with Gasteiger partial charge in [0.25, 0.3) is 0 Å². The molecule has 0 spiro atoms. The van der Waals surface area contributed by atoms with Gasteiger partial charge in [0.1, 0.15) is 0 Å². The fourth-order valence-electron chi connectivity index (χ4n) is 1.17. The fraction of sp³-hybridized carbons (Fsp3) is 0.375. The van der Waals surface area contributed by atoms with E-state index >= 15 is 0 Å². The van der Waals surface area contributed by atoms with Crippen molar-refractivity contribution in [1.29, 1.82) is 0 Å². The molecule has 1 N–H and O–H groups in total. The lowest BCUT2D eigenvalue weighted by molar-refractivity contribution is 0.648. The predicted molar refractivity (Wildman–Crippen MR) is 58.0 cm³/mol. The summed E-state index contributed by atoms with van der Waals surface area (Å²) in [5.41, 5.74) is 0. The van der Waals surface area contributed by atoms with E-state index in [4.69, 9.17) is 12.2 Å². The summed E-state index contributed by atoms with van der Waals surface area (Å²) in [6.07, 6.45) is 1.08. The van der Waals surface area contributed by atoms with Crippen molar-refractivity contribution in [3.8, 4) is 0 Å². The average molecular weight is 226 g/mol. The van der Waals surface area contributed by atoms with Crippen LogP contribution in [0.15, 0.2) is 12.1 Å². The summed E-state index contributed by atoms with van der Waals surface area (Å²) in [5, 5.41) is 10.1. The van der Waals surface area contributed by atoms with Crippen LogP contribution in [0.2, 0.25) is 0 Å². The maximum absolute atomic E-state index is 4.98. The Kier molecular flexibility index (Phi) is 2.74. The van der Waals surface area contributed by atoms with Gasteiger partial charge >= 0.3 is 0 Å². The van der Waals surface area contributed by atoms with Gasteiger partial charge in [-0.3, -0.25) is 0 Å². The summed E-state index contributed by atoms with van der Waals surface area (Å²) >= 11 is 6.78. The molecule has 0 aliphatic carbocycles. The lowest BCUT2D eigenvalue weighted by Crippen LogP contribution is -1.99. The minimum Gasteiger partial charge on any atom is -0.237 e. The van der Waals surface area contributed by atoms with E-state index in [0.29, 0.717) is 4.77 Å². The lowest BCUT2D eigenvalue weighted by Gasteiger charge is -1.95. The zero-order chi connectivity index (χ0) is 9.97. The zero-order valence-corrected chi connectivity index (χ0v) is 9.36. The second-order valence-electron chi connectivity index (χ2n) is 2.89. The number of rotatable bonds is 3. The van der Waals surface area contributed by atoms with E-state index in [0.717, 1.165) is 13.0 Å². The third kappa shape index (κ3) is 1.91. The molecule has 74 valence electrons. The number of nitrogens with zero attached hydrogens (tertiary/aromatic N) is 3. The molecule has 0 amide bonds. The lowest BCUT2D eigenvalue weighted by atomic mass is 10.4. The molecule has 0 saturated carbocycles. The molecule has 4 nitrogen and oxygen atoms in total. The molecule has 2 heterocycles. The van der Waals surface area contributed by atoms with Gasteiger partial charge in [0.05, 0.1) is 6.54 Å².